The third-order valence-corrected chi connectivity index (χ3v) is 6.62. The molecule has 0 bridgehead atoms. The smallest absolute Gasteiger partial charge is 0.322 e. The van der Waals surface area contributed by atoms with Crippen LogP contribution in [-0.2, 0) is 14.6 Å². The monoisotopic (exact) mass is 403 g/mol. The molecule has 0 radical (unpaired) electrons. The Hall–Kier alpha value is -2.78. The number of nitrogens with zero attached hydrogens (tertiary/aromatic N) is 2. The van der Waals surface area contributed by atoms with Gasteiger partial charge >= 0.3 is 6.01 Å². The summed E-state index contributed by atoms with van der Waals surface area (Å²) in [7, 11) is -3.42. The molecule has 0 atom stereocenters. The maximum absolute atomic E-state index is 12.3. The van der Waals surface area contributed by atoms with Crippen molar-refractivity contribution in [3.63, 3.8) is 0 Å². The number of thiophene rings is 1. The summed E-state index contributed by atoms with van der Waals surface area (Å²) < 4.78 is 30.0. The van der Waals surface area contributed by atoms with Gasteiger partial charge in [-0.1, -0.05) is 17.2 Å². The largest absolute Gasteiger partial charge is 0.403 e. The average molecular weight is 403 g/mol. The Balaban J connectivity index is 1.75. The van der Waals surface area contributed by atoms with Gasteiger partial charge in [-0.05, 0) is 49.6 Å². The van der Waals surface area contributed by atoms with E-state index in [9.17, 15) is 13.2 Å². The number of anilines is 1. The van der Waals surface area contributed by atoms with Crippen LogP contribution in [0.25, 0.3) is 17.5 Å². The molecular formula is C18H17N3O4S2. The molecule has 2 aromatic heterocycles. The maximum atomic E-state index is 12.3. The van der Waals surface area contributed by atoms with Crippen LogP contribution in [0.1, 0.15) is 18.7 Å². The lowest BCUT2D eigenvalue weighted by molar-refractivity contribution is -0.112. The molecule has 2 heterocycles. The number of benzene rings is 1. The summed E-state index contributed by atoms with van der Waals surface area (Å²) >= 11 is 1.51. The topological polar surface area (TPSA) is 102 Å². The first-order chi connectivity index (χ1) is 12.9. The van der Waals surface area contributed by atoms with Crippen molar-refractivity contribution in [2.24, 2.45) is 0 Å². The number of carbonyl (C=O) groups is 1. The summed E-state index contributed by atoms with van der Waals surface area (Å²) in [6.45, 7) is 3.23. The first-order valence-corrected chi connectivity index (χ1v) is 10.5. The number of carbonyl (C=O) groups excluding carboxylic acids is 1. The maximum Gasteiger partial charge on any atom is 0.322 e. The molecule has 0 saturated carbocycles. The van der Waals surface area contributed by atoms with Gasteiger partial charge in [-0.2, -0.15) is 0 Å². The number of hydrogen-bond acceptors (Lipinski definition) is 7. The Morgan fingerprint density at radius 2 is 2.04 bits per heavy atom. The Morgan fingerprint density at radius 1 is 1.22 bits per heavy atom. The Kier molecular flexibility index (Phi) is 5.52. The van der Waals surface area contributed by atoms with Gasteiger partial charge in [0, 0.05) is 16.5 Å². The first-order valence-electron chi connectivity index (χ1n) is 8.06. The zero-order valence-corrected chi connectivity index (χ0v) is 16.3. The van der Waals surface area contributed by atoms with Crippen molar-refractivity contribution in [3.05, 3.63) is 52.7 Å². The lowest BCUT2D eigenvalue weighted by Crippen LogP contribution is -2.13. The lowest BCUT2D eigenvalue weighted by atomic mass is 10.2. The highest BCUT2D eigenvalue weighted by Gasteiger charge is 2.20. The van der Waals surface area contributed by atoms with Gasteiger partial charge in [0.15, 0.2) is 9.84 Å². The number of aromatic nitrogens is 2. The van der Waals surface area contributed by atoms with Crippen LogP contribution in [-0.4, -0.2) is 29.8 Å². The van der Waals surface area contributed by atoms with E-state index in [2.05, 4.69) is 15.5 Å². The molecule has 140 valence electrons. The minimum Gasteiger partial charge on any atom is -0.403 e. The van der Waals surface area contributed by atoms with Gasteiger partial charge in [-0.25, -0.2) is 8.42 Å². The van der Waals surface area contributed by atoms with Gasteiger partial charge in [-0.15, -0.1) is 16.4 Å². The van der Waals surface area contributed by atoms with Crippen LogP contribution in [0.3, 0.4) is 0 Å². The standard InChI is InChI=1S/C18H17N3O4S2/c1-12(2)27(23,24)15-7-3-5-13(11-15)17-20-21-18(25-17)19-16(22)9-8-14-6-4-10-26-14/h3-12H,1-2H3,(H,19,21,22)/b9-8+. The molecule has 27 heavy (non-hydrogen) atoms. The second kappa shape index (κ2) is 7.85. The third-order valence-electron chi connectivity index (χ3n) is 3.63. The lowest BCUT2D eigenvalue weighted by Gasteiger charge is -2.08. The summed E-state index contributed by atoms with van der Waals surface area (Å²) in [5.74, 6) is -0.289. The quantitative estimate of drug-likeness (QED) is 0.631. The van der Waals surface area contributed by atoms with Gasteiger partial charge in [0.1, 0.15) is 0 Å². The summed E-state index contributed by atoms with van der Waals surface area (Å²) in [5.41, 5.74) is 0.457. The van der Waals surface area contributed by atoms with Crippen LogP contribution < -0.4 is 5.32 Å². The predicted molar refractivity (Wildman–Crippen MR) is 104 cm³/mol. The Morgan fingerprint density at radius 3 is 2.74 bits per heavy atom. The number of amides is 1. The van der Waals surface area contributed by atoms with E-state index in [-0.39, 0.29) is 16.8 Å². The molecular weight excluding hydrogens is 386 g/mol. The molecule has 1 N–H and O–H groups in total. The first kappa shape index (κ1) is 19.0. The van der Waals surface area contributed by atoms with Gasteiger partial charge in [0.25, 0.3) is 5.91 Å². The van der Waals surface area contributed by atoms with Gasteiger partial charge < -0.3 is 4.42 Å². The van der Waals surface area contributed by atoms with Gasteiger partial charge in [0.05, 0.1) is 10.1 Å². The van der Waals surface area contributed by atoms with Crippen molar-refractivity contribution in [2.75, 3.05) is 5.32 Å². The minimum atomic E-state index is -3.42. The highest BCUT2D eigenvalue weighted by molar-refractivity contribution is 7.92. The van der Waals surface area contributed by atoms with Crippen LogP contribution in [0.2, 0.25) is 0 Å². The zero-order chi connectivity index (χ0) is 19.4. The molecule has 3 aromatic rings. The van der Waals surface area contributed by atoms with E-state index in [1.54, 1.807) is 32.1 Å². The van der Waals surface area contributed by atoms with E-state index < -0.39 is 21.0 Å². The van der Waals surface area contributed by atoms with Gasteiger partial charge in [-0.3, -0.25) is 10.1 Å². The SMILES string of the molecule is CC(C)S(=O)(=O)c1cccc(-c2nnc(NC(=O)/C=C/c3cccs3)o2)c1. The Labute approximate surface area is 160 Å². The summed E-state index contributed by atoms with van der Waals surface area (Å²) in [6, 6.07) is 9.98. The summed E-state index contributed by atoms with van der Waals surface area (Å²) in [5, 5.41) is 11.5. The fourth-order valence-corrected chi connectivity index (χ4v) is 3.88. The highest BCUT2D eigenvalue weighted by atomic mass is 32.2. The fraction of sp³-hybridized carbons (Fsp3) is 0.167. The Bertz CT molecular complexity index is 1070. The van der Waals surface area contributed by atoms with E-state index in [4.69, 9.17) is 4.42 Å². The van der Waals surface area contributed by atoms with Crippen molar-refractivity contribution in [1.29, 1.82) is 0 Å². The van der Waals surface area contributed by atoms with Crippen molar-refractivity contribution >= 4 is 39.2 Å². The molecule has 9 heteroatoms. The number of hydrogen-bond donors (Lipinski definition) is 1. The molecule has 3 rings (SSSR count). The minimum absolute atomic E-state index is 0.0667. The van der Waals surface area contributed by atoms with E-state index in [1.807, 2.05) is 17.5 Å². The van der Waals surface area contributed by atoms with Crippen LogP contribution in [0.4, 0.5) is 6.01 Å². The number of rotatable bonds is 6. The zero-order valence-electron chi connectivity index (χ0n) is 14.6. The molecule has 0 unspecified atom stereocenters. The van der Waals surface area contributed by atoms with E-state index in [1.165, 1.54) is 29.5 Å². The number of nitrogens with one attached hydrogen (secondary N) is 1. The second-order valence-electron chi connectivity index (χ2n) is 5.87. The summed E-state index contributed by atoms with van der Waals surface area (Å²) in [6.07, 6.45) is 3.04. The van der Waals surface area contributed by atoms with Crippen molar-refractivity contribution in [2.45, 2.75) is 24.0 Å². The molecule has 0 spiro atoms. The predicted octanol–water partition coefficient (Wildman–Crippen LogP) is 3.63. The molecule has 0 aliphatic heterocycles. The molecule has 7 nitrogen and oxygen atoms in total. The average Bonchev–Trinajstić information content (AvgIpc) is 3.32. The van der Waals surface area contributed by atoms with Crippen molar-refractivity contribution < 1.29 is 17.6 Å². The van der Waals surface area contributed by atoms with Crippen LogP contribution in [0, 0.1) is 0 Å². The van der Waals surface area contributed by atoms with Crippen molar-refractivity contribution in [3.8, 4) is 11.5 Å². The van der Waals surface area contributed by atoms with Crippen LogP contribution in [0.15, 0.2) is 57.2 Å². The number of sulfone groups is 1. The molecule has 0 fully saturated rings. The summed E-state index contributed by atoms with van der Waals surface area (Å²) in [4.78, 5) is 13.0. The molecule has 0 saturated heterocycles. The van der Waals surface area contributed by atoms with Gasteiger partial charge in [0.2, 0.25) is 5.89 Å². The second-order valence-corrected chi connectivity index (χ2v) is 9.36. The van der Waals surface area contributed by atoms with E-state index >= 15 is 0 Å². The molecule has 1 aromatic carbocycles. The van der Waals surface area contributed by atoms with E-state index in [0.717, 1.165) is 4.88 Å². The third kappa shape index (κ3) is 4.50. The molecule has 0 aliphatic rings. The fourth-order valence-electron chi connectivity index (χ4n) is 2.16. The van der Waals surface area contributed by atoms with Crippen LogP contribution >= 0.6 is 11.3 Å². The normalized spacial score (nSPS) is 12.0. The molecule has 1 amide bonds. The van der Waals surface area contributed by atoms with Crippen molar-refractivity contribution in [1.82, 2.24) is 10.2 Å². The highest BCUT2D eigenvalue weighted by Crippen LogP contribution is 2.24. The van der Waals surface area contributed by atoms with E-state index in [0.29, 0.717) is 5.56 Å². The molecule has 0 aliphatic carbocycles. The van der Waals surface area contributed by atoms with Crippen LogP contribution in [0.5, 0.6) is 0 Å².